The fourth-order valence-electron chi connectivity index (χ4n) is 7.34. The predicted molar refractivity (Wildman–Crippen MR) is 204 cm³/mol. The summed E-state index contributed by atoms with van der Waals surface area (Å²) in [5.41, 5.74) is 3.99. The van der Waals surface area contributed by atoms with Gasteiger partial charge in [-0.3, -0.25) is 19.2 Å². The predicted octanol–water partition coefficient (Wildman–Crippen LogP) is 5.98. The highest BCUT2D eigenvalue weighted by Gasteiger charge is 2.54. The number of hydrogen-bond donors (Lipinski definition) is 2. The SMILES string of the molecule is CCCCCCCCCC[C@@H](O[C@@H]1O[C@H](COC(C)=O)[C@@H](OC(C)=O)[C@H](OC(C)=O)[C@H]1OC(C)=O)[C@H](NC(=O)OCC1c2ccccc2-c2ccccc21)C(=O)O. The number of esters is 4. The monoisotopic (exact) mass is 797 g/mol. The van der Waals surface area contributed by atoms with Gasteiger partial charge >= 0.3 is 35.9 Å². The smallest absolute Gasteiger partial charge is 0.407 e. The zero-order valence-corrected chi connectivity index (χ0v) is 33.3. The molecule has 2 N–H and O–H groups in total. The lowest BCUT2D eigenvalue weighted by Crippen LogP contribution is -2.64. The van der Waals surface area contributed by atoms with Gasteiger partial charge < -0.3 is 43.6 Å². The maximum Gasteiger partial charge on any atom is 0.407 e. The number of fused-ring (bicyclic) bond motifs is 3. The Morgan fingerprint density at radius 2 is 1.19 bits per heavy atom. The molecular formula is C42H55NO14. The van der Waals surface area contributed by atoms with Gasteiger partial charge in [0, 0.05) is 33.6 Å². The van der Waals surface area contributed by atoms with E-state index in [0.717, 1.165) is 94.9 Å². The zero-order chi connectivity index (χ0) is 41.5. The Balaban J connectivity index is 1.60. The Morgan fingerprint density at radius 3 is 1.74 bits per heavy atom. The summed E-state index contributed by atoms with van der Waals surface area (Å²) in [4.78, 5) is 75.3. The van der Waals surface area contributed by atoms with Crippen molar-refractivity contribution >= 4 is 35.9 Å². The summed E-state index contributed by atoms with van der Waals surface area (Å²) in [5.74, 6) is -4.92. The lowest BCUT2D eigenvalue weighted by molar-refractivity contribution is -0.318. The number of alkyl carbamates (subject to hydrolysis) is 1. The van der Waals surface area contributed by atoms with Crippen molar-refractivity contribution in [3.8, 4) is 11.1 Å². The third-order valence-corrected chi connectivity index (χ3v) is 9.85. The number of hydrogen-bond acceptors (Lipinski definition) is 13. The summed E-state index contributed by atoms with van der Waals surface area (Å²) in [6, 6.07) is 13.9. The molecule has 0 spiro atoms. The molecule has 2 aliphatic rings. The van der Waals surface area contributed by atoms with Crippen LogP contribution in [0.4, 0.5) is 4.79 Å². The van der Waals surface area contributed by atoms with E-state index >= 15 is 0 Å². The largest absolute Gasteiger partial charge is 0.480 e. The number of carbonyl (C=O) groups is 6. The van der Waals surface area contributed by atoms with Crippen LogP contribution in [-0.4, -0.2) is 97.1 Å². The summed E-state index contributed by atoms with van der Waals surface area (Å²) >= 11 is 0. The normalized spacial score (nSPS) is 20.9. The van der Waals surface area contributed by atoms with Crippen LogP contribution in [0.5, 0.6) is 0 Å². The Labute approximate surface area is 333 Å². The van der Waals surface area contributed by atoms with Crippen molar-refractivity contribution in [1.29, 1.82) is 0 Å². The number of carbonyl (C=O) groups excluding carboxylic acids is 5. The fraction of sp³-hybridized carbons (Fsp3) is 0.571. The van der Waals surface area contributed by atoms with Gasteiger partial charge in [-0.1, -0.05) is 107 Å². The second kappa shape index (κ2) is 22.1. The van der Waals surface area contributed by atoms with Crippen molar-refractivity contribution in [1.82, 2.24) is 5.32 Å². The van der Waals surface area contributed by atoms with E-state index < -0.39 is 85.4 Å². The molecule has 1 aliphatic carbocycles. The molecule has 1 heterocycles. The molecule has 0 unspecified atom stereocenters. The quantitative estimate of drug-likeness (QED) is 0.0850. The number of rotatable bonds is 21. The third kappa shape index (κ3) is 13.0. The molecule has 1 amide bonds. The zero-order valence-electron chi connectivity index (χ0n) is 33.3. The molecule has 312 valence electrons. The molecule has 1 aliphatic heterocycles. The van der Waals surface area contributed by atoms with Crippen molar-refractivity contribution in [3.05, 3.63) is 59.7 Å². The summed E-state index contributed by atoms with van der Waals surface area (Å²) in [6.07, 6.45) is -2.21. The van der Waals surface area contributed by atoms with Crippen LogP contribution in [0, 0.1) is 0 Å². The van der Waals surface area contributed by atoms with Crippen molar-refractivity contribution in [2.75, 3.05) is 13.2 Å². The van der Waals surface area contributed by atoms with Gasteiger partial charge in [-0.05, 0) is 28.7 Å². The summed E-state index contributed by atoms with van der Waals surface area (Å²) in [5, 5.41) is 13.0. The van der Waals surface area contributed by atoms with Crippen LogP contribution in [0.25, 0.3) is 11.1 Å². The molecule has 0 bridgehead atoms. The van der Waals surface area contributed by atoms with E-state index in [1.54, 1.807) is 0 Å². The second-order valence-corrected chi connectivity index (χ2v) is 14.3. The van der Waals surface area contributed by atoms with Crippen LogP contribution in [0.1, 0.15) is 109 Å². The summed E-state index contributed by atoms with van der Waals surface area (Å²) < 4.78 is 39.8. The number of unbranched alkanes of at least 4 members (excludes halogenated alkanes) is 7. The molecule has 4 rings (SSSR count). The van der Waals surface area contributed by atoms with Crippen molar-refractivity contribution < 1.29 is 67.0 Å². The Kier molecular flexibility index (Phi) is 17.3. The van der Waals surface area contributed by atoms with Gasteiger partial charge in [-0.25, -0.2) is 9.59 Å². The van der Waals surface area contributed by atoms with Crippen LogP contribution in [-0.2, 0) is 57.1 Å². The Morgan fingerprint density at radius 1 is 0.667 bits per heavy atom. The Bertz CT molecular complexity index is 1650. The molecule has 0 aromatic heterocycles. The van der Waals surface area contributed by atoms with E-state index in [2.05, 4.69) is 12.2 Å². The van der Waals surface area contributed by atoms with E-state index in [9.17, 15) is 33.9 Å². The molecule has 15 nitrogen and oxygen atoms in total. The van der Waals surface area contributed by atoms with Crippen LogP contribution in [0.15, 0.2) is 48.5 Å². The number of carboxylic acids is 1. The molecule has 7 atom stereocenters. The minimum absolute atomic E-state index is 0.0740. The maximum atomic E-state index is 13.5. The first kappa shape index (κ1) is 44.7. The van der Waals surface area contributed by atoms with E-state index in [1.807, 2.05) is 48.5 Å². The Hall–Kier alpha value is -5.02. The number of amides is 1. The maximum absolute atomic E-state index is 13.5. The van der Waals surface area contributed by atoms with Crippen molar-refractivity contribution in [3.63, 3.8) is 0 Å². The first-order valence-electron chi connectivity index (χ1n) is 19.6. The number of carboxylic acid groups (broad SMARTS) is 1. The molecule has 57 heavy (non-hydrogen) atoms. The lowest BCUT2D eigenvalue weighted by Gasteiger charge is -2.45. The topological polar surface area (TPSA) is 199 Å². The van der Waals surface area contributed by atoms with Gasteiger partial charge in [0.05, 0.1) is 6.10 Å². The summed E-state index contributed by atoms with van der Waals surface area (Å²) in [6.45, 7) is 5.99. The first-order chi connectivity index (χ1) is 27.3. The fourth-order valence-corrected chi connectivity index (χ4v) is 7.34. The van der Waals surface area contributed by atoms with Gasteiger partial charge in [0.2, 0.25) is 0 Å². The molecule has 1 saturated heterocycles. The number of nitrogens with one attached hydrogen (secondary N) is 1. The van der Waals surface area contributed by atoms with Gasteiger partial charge in [0.25, 0.3) is 0 Å². The lowest BCUT2D eigenvalue weighted by atomic mass is 9.97. The van der Waals surface area contributed by atoms with Gasteiger partial charge in [-0.2, -0.15) is 0 Å². The molecular weight excluding hydrogens is 742 g/mol. The molecule has 15 heteroatoms. The van der Waals surface area contributed by atoms with Gasteiger partial charge in [0.15, 0.2) is 30.6 Å². The summed E-state index contributed by atoms with van der Waals surface area (Å²) in [7, 11) is 0. The number of ether oxygens (including phenoxy) is 7. The van der Waals surface area contributed by atoms with Gasteiger partial charge in [0.1, 0.15) is 19.3 Å². The average molecular weight is 798 g/mol. The van der Waals surface area contributed by atoms with Crippen LogP contribution < -0.4 is 5.32 Å². The first-order valence-corrected chi connectivity index (χ1v) is 19.6. The molecule has 1 fully saturated rings. The molecule has 0 radical (unpaired) electrons. The van der Waals surface area contributed by atoms with Crippen LogP contribution >= 0.6 is 0 Å². The molecule has 2 aromatic rings. The minimum atomic E-state index is -1.70. The van der Waals surface area contributed by atoms with Crippen molar-refractivity contribution in [2.24, 2.45) is 0 Å². The van der Waals surface area contributed by atoms with E-state index in [1.165, 1.54) is 0 Å². The molecule has 2 aromatic carbocycles. The van der Waals surface area contributed by atoms with Crippen molar-refractivity contribution in [2.45, 2.75) is 141 Å². The minimum Gasteiger partial charge on any atom is -0.480 e. The molecule has 0 saturated carbocycles. The average Bonchev–Trinajstić information content (AvgIpc) is 3.47. The highest BCUT2D eigenvalue weighted by atomic mass is 16.7. The third-order valence-electron chi connectivity index (χ3n) is 9.85. The van der Waals surface area contributed by atoms with Crippen LogP contribution in [0.3, 0.4) is 0 Å². The number of aliphatic carboxylic acids is 1. The highest BCUT2D eigenvalue weighted by molar-refractivity contribution is 5.81. The standard InChI is InChI=1S/C42H55NO14/c1-6-7-8-9-10-11-12-13-22-34(36(40(48)49)43-42(50)52-23-33-31-20-16-14-18-29(31)30-19-15-17-21-32(30)33)56-41-39(55-28(5)47)38(54-27(4)46)37(53-26(3)45)35(57-41)24-51-25(2)44/h14-21,33-39,41H,6-13,22-24H2,1-5H3,(H,43,50)(H,48,49)/t34-,35-,36+,37-,38+,39-,41-/m1/s1. The van der Waals surface area contributed by atoms with Crippen LogP contribution in [0.2, 0.25) is 0 Å². The number of benzene rings is 2. The van der Waals surface area contributed by atoms with E-state index in [-0.39, 0.29) is 18.9 Å². The second-order valence-electron chi connectivity index (χ2n) is 14.3. The highest BCUT2D eigenvalue weighted by Crippen LogP contribution is 2.44. The van der Waals surface area contributed by atoms with E-state index in [4.69, 9.17) is 33.2 Å². The van der Waals surface area contributed by atoms with E-state index in [0.29, 0.717) is 6.42 Å². The van der Waals surface area contributed by atoms with Gasteiger partial charge in [-0.15, -0.1) is 0 Å².